The lowest BCUT2D eigenvalue weighted by molar-refractivity contribution is -0.132. The van der Waals surface area contributed by atoms with Crippen LogP contribution in [0.5, 0.6) is 11.5 Å². The Morgan fingerprint density at radius 1 is 1.33 bits per heavy atom. The number of carbonyl (C=O) groups excluding carboxylic acids is 3. The summed E-state index contributed by atoms with van der Waals surface area (Å²) >= 11 is 0. The van der Waals surface area contributed by atoms with E-state index >= 15 is 0 Å². The number of guanidine groups is 1. The van der Waals surface area contributed by atoms with Gasteiger partial charge in [-0.1, -0.05) is 12.1 Å². The summed E-state index contributed by atoms with van der Waals surface area (Å²) in [6.07, 6.45) is 0.252. The minimum Gasteiger partial charge on any atom is -0.493 e. The molecule has 0 aromatic heterocycles. The topological polar surface area (TPSA) is 97.3 Å². The highest BCUT2D eigenvalue weighted by Gasteiger charge is 2.34. The molecule has 2 rings (SSSR count). The van der Waals surface area contributed by atoms with Crippen molar-refractivity contribution >= 4 is 23.7 Å². The van der Waals surface area contributed by atoms with E-state index in [1.165, 1.54) is 21.0 Å². The van der Waals surface area contributed by atoms with Crippen LogP contribution in [-0.4, -0.2) is 48.8 Å². The van der Waals surface area contributed by atoms with E-state index in [0.717, 1.165) is 0 Å². The lowest BCUT2D eigenvalue weighted by atomic mass is 10.0. The highest BCUT2D eigenvalue weighted by atomic mass is 16.6. The normalized spacial score (nSPS) is 16.7. The summed E-state index contributed by atoms with van der Waals surface area (Å²) in [5, 5.41) is 2.51. The molecule has 1 N–H and O–H groups in total. The summed E-state index contributed by atoms with van der Waals surface area (Å²) in [4.78, 5) is 40.1. The maximum absolute atomic E-state index is 12.1. The molecule has 128 valence electrons. The molecular weight excluding hydrogens is 314 g/mol. The molecular formula is C16H19N3O5. The SMILES string of the molecule is COc1cccc(C[C@@H]2C(=O)N=C(NC(C)=O)N2C)c1OC(C)=O. The molecule has 0 fully saturated rings. The average molecular weight is 333 g/mol. The van der Waals surface area contributed by atoms with Gasteiger partial charge in [0.1, 0.15) is 6.04 Å². The summed E-state index contributed by atoms with van der Waals surface area (Å²) < 4.78 is 10.5. The van der Waals surface area contributed by atoms with Crippen molar-refractivity contribution in [3.8, 4) is 11.5 Å². The van der Waals surface area contributed by atoms with Crippen molar-refractivity contribution in [1.82, 2.24) is 10.2 Å². The van der Waals surface area contributed by atoms with Gasteiger partial charge in [-0.05, 0) is 6.07 Å². The summed E-state index contributed by atoms with van der Waals surface area (Å²) in [6, 6.07) is 4.56. The number of amides is 2. The second kappa shape index (κ2) is 7.12. The lowest BCUT2D eigenvalue weighted by Gasteiger charge is -2.22. The van der Waals surface area contributed by atoms with E-state index < -0.39 is 12.0 Å². The predicted octanol–water partition coefficient (Wildman–Crippen LogP) is 0.496. The average Bonchev–Trinajstić information content (AvgIpc) is 2.75. The van der Waals surface area contributed by atoms with E-state index in [4.69, 9.17) is 9.47 Å². The van der Waals surface area contributed by atoms with Crippen LogP contribution in [0, 0.1) is 0 Å². The molecule has 0 unspecified atom stereocenters. The first kappa shape index (κ1) is 17.5. The van der Waals surface area contributed by atoms with Gasteiger partial charge in [-0.2, -0.15) is 4.99 Å². The van der Waals surface area contributed by atoms with Crippen LogP contribution >= 0.6 is 0 Å². The van der Waals surface area contributed by atoms with Crippen LogP contribution in [0.4, 0.5) is 0 Å². The third kappa shape index (κ3) is 3.70. The highest BCUT2D eigenvalue weighted by molar-refractivity contribution is 6.07. The Bertz CT molecular complexity index is 714. The van der Waals surface area contributed by atoms with Gasteiger partial charge in [0.15, 0.2) is 11.5 Å². The van der Waals surface area contributed by atoms with Gasteiger partial charge in [0.2, 0.25) is 11.9 Å². The number of benzene rings is 1. The van der Waals surface area contributed by atoms with Crippen molar-refractivity contribution in [3.05, 3.63) is 23.8 Å². The van der Waals surface area contributed by atoms with Crippen LogP contribution in [0.2, 0.25) is 0 Å². The van der Waals surface area contributed by atoms with Gasteiger partial charge in [0.05, 0.1) is 7.11 Å². The number of nitrogens with zero attached hydrogens (tertiary/aromatic N) is 2. The quantitative estimate of drug-likeness (QED) is 0.636. The number of ether oxygens (including phenoxy) is 2. The van der Waals surface area contributed by atoms with Gasteiger partial charge in [0.25, 0.3) is 5.91 Å². The number of likely N-dealkylation sites (N-methyl/N-ethyl adjacent to an activating group) is 1. The van der Waals surface area contributed by atoms with Crippen molar-refractivity contribution in [2.24, 2.45) is 4.99 Å². The first-order valence-electron chi connectivity index (χ1n) is 7.30. The van der Waals surface area contributed by atoms with Gasteiger partial charge >= 0.3 is 5.97 Å². The maximum atomic E-state index is 12.1. The van der Waals surface area contributed by atoms with E-state index in [2.05, 4.69) is 10.3 Å². The summed E-state index contributed by atoms with van der Waals surface area (Å²) in [6.45, 7) is 2.64. The van der Waals surface area contributed by atoms with Crippen LogP contribution in [0.25, 0.3) is 0 Å². The van der Waals surface area contributed by atoms with Gasteiger partial charge in [-0.3, -0.25) is 19.7 Å². The Morgan fingerprint density at radius 3 is 2.62 bits per heavy atom. The van der Waals surface area contributed by atoms with Crippen LogP contribution < -0.4 is 14.8 Å². The monoisotopic (exact) mass is 333 g/mol. The Labute approximate surface area is 139 Å². The second-order valence-corrected chi connectivity index (χ2v) is 5.33. The Balaban J connectivity index is 2.27. The van der Waals surface area contributed by atoms with Crippen LogP contribution in [0.15, 0.2) is 23.2 Å². The van der Waals surface area contributed by atoms with Crippen LogP contribution in [-0.2, 0) is 20.8 Å². The summed E-state index contributed by atoms with van der Waals surface area (Å²) in [5.74, 6) is -0.286. The van der Waals surface area contributed by atoms with Gasteiger partial charge in [0, 0.05) is 32.9 Å². The molecule has 0 radical (unpaired) electrons. The molecule has 1 aliphatic heterocycles. The second-order valence-electron chi connectivity index (χ2n) is 5.33. The standard InChI is InChI=1S/C16H19N3O5/c1-9(20)17-16-18-15(22)12(19(16)3)8-11-6-5-7-13(23-4)14(11)24-10(2)21/h5-7,12H,8H2,1-4H3,(H,17,18,20,22)/t12-/m1/s1. The number of nitrogens with one attached hydrogen (secondary N) is 1. The third-order valence-electron chi connectivity index (χ3n) is 3.53. The molecule has 8 heteroatoms. The number of hydrogen-bond donors (Lipinski definition) is 1. The summed E-state index contributed by atoms with van der Waals surface area (Å²) in [5.41, 5.74) is 0.633. The molecule has 1 heterocycles. The van der Waals surface area contributed by atoms with Gasteiger partial charge in [-0.25, -0.2) is 0 Å². The molecule has 8 nitrogen and oxygen atoms in total. The van der Waals surface area contributed by atoms with Gasteiger partial charge in [-0.15, -0.1) is 0 Å². The number of methoxy groups -OCH3 is 1. The van der Waals surface area contributed by atoms with Crippen molar-refractivity contribution in [2.75, 3.05) is 14.2 Å². The Morgan fingerprint density at radius 2 is 2.04 bits per heavy atom. The van der Waals surface area contributed by atoms with Gasteiger partial charge < -0.3 is 14.4 Å². The van der Waals surface area contributed by atoms with Crippen molar-refractivity contribution in [2.45, 2.75) is 26.3 Å². The number of para-hydroxylation sites is 1. The number of hydrogen-bond acceptors (Lipinski definition) is 6. The fourth-order valence-electron chi connectivity index (χ4n) is 2.42. The van der Waals surface area contributed by atoms with E-state index in [1.54, 1.807) is 30.1 Å². The number of esters is 1. The fraction of sp³-hybridized carbons (Fsp3) is 0.375. The molecule has 1 aromatic rings. The third-order valence-corrected chi connectivity index (χ3v) is 3.53. The van der Waals surface area contributed by atoms with Crippen molar-refractivity contribution < 1.29 is 23.9 Å². The maximum Gasteiger partial charge on any atom is 0.308 e. The zero-order chi connectivity index (χ0) is 17.9. The minimum atomic E-state index is -0.603. The highest BCUT2D eigenvalue weighted by Crippen LogP contribution is 2.33. The molecule has 0 aliphatic carbocycles. The van der Waals surface area contributed by atoms with Crippen LogP contribution in [0.1, 0.15) is 19.4 Å². The number of carbonyl (C=O) groups is 3. The first-order chi connectivity index (χ1) is 11.3. The number of rotatable bonds is 4. The smallest absolute Gasteiger partial charge is 0.308 e. The zero-order valence-corrected chi connectivity index (χ0v) is 14.0. The van der Waals surface area contributed by atoms with Crippen LogP contribution in [0.3, 0.4) is 0 Å². The largest absolute Gasteiger partial charge is 0.493 e. The van der Waals surface area contributed by atoms with E-state index in [0.29, 0.717) is 11.3 Å². The molecule has 0 spiro atoms. The molecule has 0 saturated heterocycles. The summed E-state index contributed by atoms with van der Waals surface area (Å²) in [7, 11) is 3.13. The molecule has 0 bridgehead atoms. The van der Waals surface area contributed by atoms with E-state index in [-0.39, 0.29) is 29.9 Å². The molecule has 1 aliphatic rings. The molecule has 0 saturated carbocycles. The molecule has 1 atom stereocenters. The molecule has 2 amide bonds. The molecule has 24 heavy (non-hydrogen) atoms. The fourth-order valence-corrected chi connectivity index (χ4v) is 2.42. The van der Waals surface area contributed by atoms with E-state index in [9.17, 15) is 14.4 Å². The predicted molar refractivity (Wildman–Crippen MR) is 85.8 cm³/mol. The Kier molecular flexibility index (Phi) is 5.18. The van der Waals surface area contributed by atoms with E-state index in [1.807, 2.05) is 0 Å². The zero-order valence-electron chi connectivity index (χ0n) is 14.0. The molecule has 1 aromatic carbocycles. The first-order valence-corrected chi connectivity index (χ1v) is 7.30. The van der Waals surface area contributed by atoms with Crippen molar-refractivity contribution in [1.29, 1.82) is 0 Å². The number of aliphatic imine (C=N–C) groups is 1. The van der Waals surface area contributed by atoms with Crippen molar-refractivity contribution in [3.63, 3.8) is 0 Å². The minimum absolute atomic E-state index is 0.203. The Hall–Kier alpha value is -2.90. The lowest BCUT2D eigenvalue weighted by Crippen LogP contribution is -2.44.